The van der Waals surface area contributed by atoms with Crippen LogP contribution in [0.2, 0.25) is 0 Å². The van der Waals surface area contributed by atoms with Crippen LogP contribution in [0.25, 0.3) is 5.65 Å². The molecule has 7 heteroatoms. The van der Waals surface area contributed by atoms with E-state index < -0.39 is 0 Å². The lowest BCUT2D eigenvalue weighted by Gasteiger charge is -2.56. The molecular weight excluding hydrogens is 438 g/mol. The number of hydrogen-bond acceptors (Lipinski definition) is 4. The zero-order valence-electron chi connectivity index (χ0n) is 21.2. The third-order valence-corrected chi connectivity index (χ3v) is 9.51. The molecule has 5 aliphatic rings. The Balaban J connectivity index is 1.16. The van der Waals surface area contributed by atoms with Crippen LogP contribution in [-0.2, 0) is 0 Å². The number of carbonyl (C=O) groups is 2. The van der Waals surface area contributed by atoms with E-state index in [2.05, 4.69) is 29.0 Å². The summed E-state index contributed by atoms with van der Waals surface area (Å²) in [5, 5.41) is 3.28. The Labute approximate surface area is 208 Å². The molecule has 1 N–H and O–H groups in total. The van der Waals surface area contributed by atoms with E-state index in [4.69, 9.17) is 0 Å². The van der Waals surface area contributed by atoms with Crippen molar-refractivity contribution in [1.82, 2.24) is 24.5 Å². The molecule has 188 valence electrons. The number of rotatable bonds is 7. The highest BCUT2D eigenvalue weighted by atomic mass is 16.2. The molecule has 1 atom stereocenters. The average molecular weight is 478 g/mol. The smallest absolute Gasteiger partial charge is 0.274 e. The minimum Gasteiger partial charge on any atom is -0.350 e. The summed E-state index contributed by atoms with van der Waals surface area (Å²) in [5.74, 6) is 2.51. The SMILES string of the molecule is CCN(CC)C1CCN(C(=O)c2cn3c(C(=O)NCC45CC6CC(CC(C6)C4)C5)cccc3n2)C1. The van der Waals surface area contributed by atoms with Crippen molar-refractivity contribution in [2.75, 3.05) is 32.7 Å². The number of pyridine rings is 1. The van der Waals surface area contributed by atoms with Gasteiger partial charge in [0.15, 0.2) is 0 Å². The topological polar surface area (TPSA) is 70.0 Å². The van der Waals surface area contributed by atoms with Gasteiger partial charge in [-0.2, -0.15) is 0 Å². The van der Waals surface area contributed by atoms with Crippen molar-refractivity contribution in [1.29, 1.82) is 0 Å². The third-order valence-electron chi connectivity index (χ3n) is 9.51. The minimum atomic E-state index is -0.0643. The predicted octanol–water partition coefficient (Wildman–Crippen LogP) is 3.84. The molecule has 4 aliphatic carbocycles. The van der Waals surface area contributed by atoms with Crippen molar-refractivity contribution in [3.8, 4) is 0 Å². The first-order valence-corrected chi connectivity index (χ1v) is 13.8. The fourth-order valence-corrected chi connectivity index (χ4v) is 8.29. The summed E-state index contributed by atoms with van der Waals surface area (Å²) in [6.45, 7) is 8.61. The lowest BCUT2D eigenvalue weighted by molar-refractivity contribution is -0.0503. The van der Waals surface area contributed by atoms with E-state index in [1.165, 1.54) is 38.5 Å². The van der Waals surface area contributed by atoms with Gasteiger partial charge in [-0.25, -0.2) is 4.98 Å². The summed E-state index contributed by atoms with van der Waals surface area (Å²) in [6.07, 6.45) is 10.8. The van der Waals surface area contributed by atoms with Crippen molar-refractivity contribution in [3.63, 3.8) is 0 Å². The monoisotopic (exact) mass is 477 g/mol. The van der Waals surface area contributed by atoms with Crippen LogP contribution >= 0.6 is 0 Å². The van der Waals surface area contributed by atoms with Gasteiger partial charge in [-0.1, -0.05) is 19.9 Å². The number of likely N-dealkylation sites (N-methyl/N-ethyl adjacent to an activating group) is 1. The second-order valence-electron chi connectivity index (χ2n) is 11.8. The Hall–Kier alpha value is -2.41. The summed E-state index contributed by atoms with van der Waals surface area (Å²) in [6, 6.07) is 5.99. The van der Waals surface area contributed by atoms with E-state index in [9.17, 15) is 9.59 Å². The number of aromatic nitrogens is 2. The molecule has 1 unspecified atom stereocenters. The van der Waals surface area contributed by atoms with Crippen LogP contribution < -0.4 is 5.32 Å². The molecule has 7 nitrogen and oxygen atoms in total. The molecule has 4 saturated carbocycles. The Morgan fingerprint density at radius 1 is 1.09 bits per heavy atom. The summed E-state index contributed by atoms with van der Waals surface area (Å²) in [4.78, 5) is 35.5. The Morgan fingerprint density at radius 2 is 1.77 bits per heavy atom. The molecule has 3 heterocycles. The number of imidazole rings is 1. The van der Waals surface area contributed by atoms with Gasteiger partial charge in [-0.3, -0.25) is 18.9 Å². The van der Waals surface area contributed by atoms with Crippen LogP contribution in [0.15, 0.2) is 24.4 Å². The maximum Gasteiger partial charge on any atom is 0.274 e. The van der Waals surface area contributed by atoms with E-state index >= 15 is 0 Å². The first-order chi connectivity index (χ1) is 17.0. The number of hydrogen-bond donors (Lipinski definition) is 1. The van der Waals surface area contributed by atoms with Crippen LogP contribution in [0.4, 0.5) is 0 Å². The van der Waals surface area contributed by atoms with Gasteiger partial charge in [-0.05, 0) is 93.3 Å². The molecule has 0 radical (unpaired) electrons. The van der Waals surface area contributed by atoms with Crippen LogP contribution in [-0.4, -0.2) is 69.8 Å². The van der Waals surface area contributed by atoms with Crippen molar-refractivity contribution < 1.29 is 9.59 Å². The number of nitrogens with one attached hydrogen (secondary N) is 1. The highest BCUT2D eigenvalue weighted by Crippen LogP contribution is 2.59. The molecule has 1 saturated heterocycles. The highest BCUT2D eigenvalue weighted by Gasteiger charge is 2.50. The summed E-state index contributed by atoms with van der Waals surface area (Å²) >= 11 is 0. The first-order valence-electron chi connectivity index (χ1n) is 13.8. The van der Waals surface area contributed by atoms with Crippen molar-refractivity contribution >= 4 is 17.5 Å². The fraction of sp³-hybridized carbons (Fsp3) is 0.679. The van der Waals surface area contributed by atoms with Crippen LogP contribution in [0, 0.1) is 23.2 Å². The van der Waals surface area contributed by atoms with Crippen LogP contribution in [0.1, 0.15) is 79.8 Å². The molecule has 2 aromatic heterocycles. The predicted molar refractivity (Wildman–Crippen MR) is 135 cm³/mol. The molecule has 0 spiro atoms. The number of fused-ring (bicyclic) bond motifs is 1. The molecule has 5 fully saturated rings. The molecule has 1 aliphatic heterocycles. The maximum absolute atomic E-state index is 13.3. The molecule has 4 bridgehead atoms. The van der Waals surface area contributed by atoms with Gasteiger partial charge < -0.3 is 10.2 Å². The van der Waals surface area contributed by atoms with E-state index in [0.717, 1.165) is 56.9 Å². The molecular formula is C28H39N5O2. The van der Waals surface area contributed by atoms with Crippen molar-refractivity contribution in [2.45, 2.75) is 64.8 Å². The molecule has 35 heavy (non-hydrogen) atoms. The van der Waals surface area contributed by atoms with Crippen molar-refractivity contribution in [2.24, 2.45) is 23.2 Å². The number of nitrogens with zero attached hydrogens (tertiary/aromatic N) is 4. The number of likely N-dealkylation sites (tertiary alicyclic amines) is 1. The summed E-state index contributed by atoms with van der Waals surface area (Å²) in [7, 11) is 0. The largest absolute Gasteiger partial charge is 0.350 e. The Kier molecular flexibility index (Phi) is 5.86. The van der Waals surface area contributed by atoms with Gasteiger partial charge in [0.1, 0.15) is 17.0 Å². The zero-order valence-corrected chi connectivity index (χ0v) is 21.2. The Bertz CT molecular complexity index is 1080. The maximum atomic E-state index is 13.3. The second-order valence-corrected chi connectivity index (χ2v) is 11.8. The minimum absolute atomic E-state index is 0.0386. The molecule has 2 aromatic rings. The fourth-order valence-electron chi connectivity index (χ4n) is 8.29. The standard InChI is InChI=1S/C28H39N5O2/c1-3-31(4-2)22-8-9-32(16-22)27(35)23-17-33-24(6-5-7-25(33)30-23)26(34)29-18-28-13-19-10-20(14-28)12-21(11-19)15-28/h5-7,17,19-22H,3-4,8-16,18H2,1-2H3,(H,29,34). The van der Waals surface area contributed by atoms with Gasteiger partial charge in [0.05, 0.1) is 0 Å². The van der Waals surface area contributed by atoms with Gasteiger partial charge in [0.2, 0.25) is 0 Å². The third kappa shape index (κ3) is 4.15. The normalized spacial score (nSPS) is 31.6. The van der Waals surface area contributed by atoms with E-state index in [1.54, 1.807) is 10.6 Å². The lowest BCUT2D eigenvalue weighted by Crippen LogP contribution is -2.51. The molecule has 7 rings (SSSR count). The molecule has 2 amide bonds. The summed E-state index contributed by atoms with van der Waals surface area (Å²) in [5.41, 5.74) is 1.92. The number of amides is 2. The van der Waals surface area contributed by atoms with E-state index in [-0.39, 0.29) is 11.8 Å². The quantitative estimate of drug-likeness (QED) is 0.658. The second kappa shape index (κ2) is 8.91. The van der Waals surface area contributed by atoms with Crippen molar-refractivity contribution in [3.05, 3.63) is 35.8 Å². The van der Waals surface area contributed by atoms with Crippen LogP contribution in [0.5, 0.6) is 0 Å². The summed E-state index contributed by atoms with van der Waals surface area (Å²) < 4.78 is 1.79. The van der Waals surface area contributed by atoms with E-state index in [1.807, 2.05) is 23.1 Å². The van der Waals surface area contributed by atoms with Crippen LogP contribution in [0.3, 0.4) is 0 Å². The lowest BCUT2D eigenvalue weighted by atomic mass is 9.49. The molecule has 0 aromatic carbocycles. The van der Waals surface area contributed by atoms with E-state index in [0.29, 0.717) is 28.5 Å². The van der Waals surface area contributed by atoms with Gasteiger partial charge in [0, 0.05) is 31.9 Å². The Morgan fingerprint density at radius 3 is 2.43 bits per heavy atom. The highest BCUT2D eigenvalue weighted by molar-refractivity contribution is 5.95. The average Bonchev–Trinajstić information content (AvgIpc) is 3.50. The zero-order chi connectivity index (χ0) is 24.2. The van der Waals surface area contributed by atoms with Gasteiger partial charge >= 0.3 is 0 Å². The van der Waals surface area contributed by atoms with Gasteiger partial charge in [-0.15, -0.1) is 0 Å². The van der Waals surface area contributed by atoms with Gasteiger partial charge in [0.25, 0.3) is 11.8 Å². The first kappa shape index (κ1) is 23.0. The number of carbonyl (C=O) groups excluding carboxylic acids is 2.